The molecule has 0 aliphatic carbocycles. The fraction of sp³-hybridized carbons (Fsp3) is 0.231. The highest BCUT2D eigenvalue weighted by atomic mass is 16.5. The molecule has 1 aliphatic heterocycles. The van der Waals surface area contributed by atoms with E-state index in [0.29, 0.717) is 31.0 Å². The molecular formula is C26H26N2O4. The number of carbonyl (C=O) groups is 2. The molecule has 2 amide bonds. The smallest absolute Gasteiger partial charge is 0.253 e. The van der Waals surface area contributed by atoms with Crippen molar-refractivity contribution in [2.45, 2.75) is 32.1 Å². The first-order valence-electron chi connectivity index (χ1n) is 10.7. The van der Waals surface area contributed by atoms with Crippen LogP contribution in [-0.2, 0) is 22.7 Å². The van der Waals surface area contributed by atoms with Crippen molar-refractivity contribution in [3.8, 4) is 5.75 Å². The van der Waals surface area contributed by atoms with Crippen LogP contribution < -0.4 is 15.4 Å². The molecule has 6 heteroatoms. The molecule has 1 atom stereocenters. The standard InChI is InChI=1S/C26H26N2O4/c29-25(21-9-5-10-22(16-21)28-26(30)24-13-6-14-31-24)27-17-19-7-4-8-20(15-19)18-32-23-11-2-1-3-12-23/h1-5,7-12,15-16,24H,6,13-14,17-18H2,(H,27,29)(H,28,30). The van der Waals surface area contributed by atoms with Crippen molar-refractivity contribution in [1.29, 1.82) is 0 Å². The van der Waals surface area contributed by atoms with Crippen molar-refractivity contribution < 1.29 is 19.1 Å². The summed E-state index contributed by atoms with van der Waals surface area (Å²) in [6.07, 6.45) is 1.20. The summed E-state index contributed by atoms with van der Waals surface area (Å²) < 4.78 is 11.2. The van der Waals surface area contributed by atoms with Crippen LogP contribution in [0.3, 0.4) is 0 Å². The molecule has 1 heterocycles. The molecular weight excluding hydrogens is 404 g/mol. The van der Waals surface area contributed by atoms with Crippen molar-refractivity contribution >= 4 is 17.5 Å². The van der Waals surface area contributed by atoms with Gasteiger partial charge in [0.1, 0.15) is 18.5 Å². The maximum atomic E-state index is 12.6. The van der Waals surface area contributed by atoms with Crippen LogP contribution in [0.4, 0.5) is 5.69 Å². The Hall–Kier alpha value is -3.64. The summed E-state index contributed by atoms with van der Waals surface area (Å²) in [6, 6.07) is 24.5. The molecule has 0 aromatic heterocycles. The maximum Gasteiger partial charge on any atom is 0.253 e. The quantitative estimate of drug-likeness (QED) is 0.558. The fourth-order valence-corrected chi connectivity index (χ4v) is 3.54. The van der Waals surface area contributed by atoms with E-state index in [9.17, 15) is 9.59 Å². The van der Waals surface area contributed by atoms with Crippen molar-refractivity contribution in [2.24, 2.45) is 0 Å². The van der Waals surface area contributed by atoms with Crippen molar-refractivity contribution in [3.63, 3.8) is 0 Å². The summed E-state index contributed by atoms with van der Waals surface area (Å²) >= 11 is 0. The van der Waals surface area contributed by atoms with E-state index in [2.05, 4.69) is 10.6 Å². The number of hydrogen-bond donors (Lipinski definition) is 2. The summed E-state index contributed by atoms with van der Waals surface area (Å²) in [5.41, 5.74) is 3.08. The normalized spacial score (nSPS) is 15.2. The minimum absolute atomic E-state index is 0.172. The third-order valence-electron chi connectivity index (χ3n) is 5.21. The van der Waals surface area contributed by atoms with Gasteiger partial charge in [-0.3, -0.25) is 9.59 Å². The Morgan fingerprint density at radius 1 is 0.938 bits per heavy atom. The highest BCUT2D eigenvalue weighted by molar-refractivity contribution is 5.98. The molecule has 0 spiro atoms. The number of amides is 2. The topological polar surface area (TPSA) is 76.7 Å². The molecule has 3 aromatic carbocycles. The number of rotatable bonds is 8. The van der Waals surface area contributed by atoms with Gasteiger partial charge >= 0.3 is 0 Å². The molecule has 6 nitrogen and oxygen atoms in total. The number of ether oxygens (including phenoxy) is 2. The van der Waals surface area contributed by atoms with E-state index < -0.39 is 6.10 Å². The summed E-state index contributed by atoms with van der Waals surface area (Å²) in [7, 11) is 0. The molecule has 1 fully saturated rings. The van der Waals surface area contributed by atoms with Crippen molar-refractivity contribution in [3.05, 3.63) is 95.6 Å². The lowest BCUT2D eigenvalue weighted by atomic mass is 10.1. The van der Waals surface area contributed by atoms with Crippen LogP contribution in [0.25, 0.3) is 0 Å². The van der Waals surface area contributed by atoms with Crippen LogP contribution in [-0.4, -0.2) is 24.5 Å². The number of anilines is 1. The van der Waals surface area contributed by atoms with Crippen LogP contribution >= 0.6 is 0 Å². The Labute approximate surface area is 187 Å². The molecule has 2 N–H and O–H groups in total. The van der Waals surface area contributed by atoms with Crippen molar-refractivity contribution in [1.82, 2.24) is 5.32 Å². The van der Waals surface area contributed by atoms with Gasteiger partial charge in [0.15, 0.2) is 0 Å². The van der Waals surface area contributed by atoms with Crippen LogP contribution in [0.1, 0.15) is 34.3 Å². The zero-order chi connectivity index (χ0) is 22.2. The van der Waals surface area contributed by atoms with Gasteiger partial charge in [0.05, 0.1) is 0 Å². The third kappa shape index (κ3) is 5.95. The predicted octanol–water partition coefficient (Wildman–Crippen LogP) is 4.31. The van der Waals surface area contributed by atoms with E-state index in [0.717, 1.165) is 29.7 Å². The van der Waals surface area contributed by atoms with E-state index in [1.165, 1.54) is 0 Å². The molecule has 4 rings (SSSR count). The first-order valence-corrected chi connectivity index (χ1v) is 10.7. The second-order valence-electron chi connectivity index (χ2n) is 7.68. The average Bonchev–Trinajstić information content (AvgIpc) is 3.38. The number of para-hydroxylation sites is 1. The zero-order valence-corrected chi connectivity index (χ0v) is 17.8. The molecule has 164 valence electrons. The number of carbonyl (C=O) groups excluding carboxylic acids is 2. The zero-order valence-electron chi connectivity index (χ0n) is 17.8. The second-order valence-corrected chi connectivity index (χ2v) is 7.68. The molecule has 1 unspecified atom stereocenters. The van der Waals surface area contributed by atoms with Gasteiger partial charge in [-0.1, -0.05) is 48.5 Å². The van der Waals surface area contributed by atoms with Crippen LogP contribution in [0.2, 0.25) is 0 Å². The van der Waals surface area contributed by atoms with Gasteiger partial charge in [-0.25, -0.2) is 0 Å². The van der Waals surface area contributed by atoms with E-state index in [-0.39, 0.29) is 11.8 Å². The minimum Gasteiger partial charge on any atom is -0.489 e. The van der Waals surface area contributed by atoms with Crippen LogP contribution in [0.5, 0.6) is 5.75 Å². The molecule has 1 aliphatic rings. The molecule has 0 saturated carbocycles. The summed E-state index contributed by atoms with van der Waals surface area (Å²) in [6.45, 7) is 1.46. The highest BCUT2D eigenvalue weighted by Gasteiger charge is 2.23. The molecule has 3 aromatic rings. The summed E-state index contributed by atoms with van der Waals surface area (Å²) in [5.74, 6) is 0.441. The summed E-state index contributed by atoms with van der Waals surface area (Å²) in [4.78, 5) is 24.9. The van der Waals surface area contributed by atoms with E-state index >= 15 is 0 Å². The molecule has 32 heavy (non-hydrogen) atoms. The number of nitrogens with one attached hydrogen (secondary N) is 2. The fourth-order valence-electron chi connectivity index (χ4n) is 3.54. The number of hydrogen-bond acceptors (Lipinski definition) is 4. The van der Waals surface area contributed by atoms with Crippen LogP contribution in [0.15, 0.2) is 78.9 Å². The van der Waals surface area contributed by atoms with Gasteiger partial charge in [-0.2, -0.15) is 0 Å². The Morgan fingerprint density at radius 2 is 1.75 bits per heavy atom. The van der Waals surface area contributed by atoms with Crippen molar-refractivity contribution in [2.75, 3.05) is 11.9 Å². The van der Waals surface area contributed by atoms with Gasteiger partial charge in [0, 0.05) is 24.4 Å². The monoisotopic (exact) mass is 430 g/mol. The lowest BCUT2D eigenvalue weighted by molar-refractivity contribution is -0.124. The largest absolute Gasteiger partial charge is 0.489 e. The van der Waals surface area contributed by atoms with Gasteiger partial charge < -0.3 is 20.1 Å². The first kappa shape index (κ1) is 21.6. The third-order valence-corrected chi connectivity index (χ3v) is 5.21. The second kappa shape index (κ2) is 10.6. The van der Waals surface area contributed by atoms with E-state index in [1.54, 1.807) is 24.3 Å². The highest BCUT2D eigenvalue weighted by Crippen LogP contribution is 2.17. The Kier molecular flexibility index (Phi) is 7.15. The molecule has 1 saturated heterocycles. The van der Waals surface area contributed by atoms with Gasteiger partial charge in [-0.05, 0) is 54.3 Å². The van der Waals surface area contributed by atoms with E-state index in [1.807, 2.05) is 54.6 Å². The van der Waals surface area contributed by atoms with Gasteiger partial charge in [-0.15, -0.1) is 0 Å². The van der Waals surface area contributed by atoms with Gasteiger partial charge in [0.25, 0.3) is 11.8 Å². The molecule has 0 bridgehead atoms. The molecule has 0 radical (unpaired) electrons. The Morgan fingerprint density at radius 3 is 2.56 bits per heavy atom. The van der Waals surface area contributed by atoms with Gasteiger partial charge in [0.2, 0.25) is 0 Å². The first-order chi connectivity index (χ1) is 15.7. The average molecular weight is 431 g/mol. The lowest BCUT2D eigenvalue weighted by Gasteiger charge is -2.12. The summed E-state index contributed by atoms with van der Waals surface area (Å²) in [5, 5.41) is 5.76. The number of benzene rings is 3. The van der Waals surface area contributed by atoms with E-state index in [4.69, 9.17) is 9.47 Å². The Bertz CT molecular complexity index is 1060. The lowest BCUT2D eigenvalue weighted by Crippen LogP contribution is -2.27. The minimum atomic E-state index is -0.411. The van der Waals surface area contributed by atoms with Crippen LogP contribution in [0, 0.1) is 0 Å². The maximum absolute atomic E-state index is 12.6. The SMILES string of the molecule is O=C(NCc1cccc(COc2ccccc2)c1)c1cccc(NC(=O)C2CCCO2)c1. The predicted molar refractivity (Wildman–Crippen MR) is 122 cm³/mol. The Balaban J connectivity index is 1.31.